The average Bonchev–Trinajstić information content (AvgIpc) is 3.64. The number of carbonyl (C=O) groups is 1. The number of aromatic nitrogens is 3. The Morgan fingerprint density at radius 3 is 2.81 bits per heavy atom. The van der Waals surface area contributed by atoms with Gasteiger partial charge in [0.1, 0.15) is 0 Å². The normalized spacial score (nSPS) is 15.8. The minimum atomic E-state index is 0.125. The van der Waals surface area contributed by atoms with Crippen molar-refractivity contribution in [1.29, 1.82) is 0 Å². The van der Waals surface area contributed by atoms with Gasteiger partial charge in [0, 0.05) is 53.7 Å². The van der Waals surface area contributed by atoms with Crippen molar-refractivity contribution in [3.05, 3.63) is 78.2 Å². The number of anilines is 2. The summed E-state index contributed by atoms with van der Waals surface area (Å²) in [7, 11) is 0. The van der Waals surface area contributed by atoms with Crippen molar-refractivity contribution in [2.75, 3.05) is 18.4 Å². The van der Waals surface area contributed by atoms with Gasteiger partial charge in [-0.25, -0.2) is 4.98 Å². The van der Waals surface area contributed by atoms with Crippen LogP contribution in [0.1, 0.15) is 36.2 Å². The molecule has 1 saturated heterocycles. The van der Waals surface area contributed by atoms with Crippen LogP contribution in [0.25, 0.3) is 27.7 Å². The van der Waals surface area contributed by atoms with Crippen molar-refractivity contribution < 1.29 is 9.90 Å². The monoisotopic (exact) mass is 493 g/mol. The highest BCUT2D eigenvalue weighted by atomic mass is 16.3. The quantitative estimate of drug-likeness (QED) is 0.266. The van der Waals surface area contributed by atoms with E-state index in [1.165, 1.54) is 0 Å². The number of imidazole rings is 1. The maximum atomic E-state index is 13.2. The lowest BCUT2D eigenvalue weighted by Gasteiger charge is -2.20. The van der Waals surface area contributed by atoms with E-state index >= 15 is 0 Å². The van der Waals surface area contributed by atoms with Gasteiger partial charge < -0.3 is 20.3 Å². The molecule has 1 atom stereocenters. The number of benzene rings is 2. The molecule has 1 aliphatic heterocycles. The molecule has 1 aliphatic rings. The molecular formula is C30H31N5O2. The number of nitrogens with zero attached hydrogens (tertiary/aromatic N) is 3. The third-order valence-corrected chi connectivity index (χ3v) is 7.71. The minimum Gasteiger partial charge on any atom is -0.494 e. The Balaban J connectivity index is 1.26. The van der Waals surface area contributed by atoms with Crippen LogP contribution in [0.3, 0.4) is 0 Å². The first-order valence-corrected chi connectivity index (χ1v) is 12.8. The largest absolute Gasteiger partial charge is 0.494 e. The van der Waals surface area contributed by atoms with Gasteiger partial charge in [0.15, 0.2) is 11.5 Å². The number of likely N-dealkylation sites (tertiary alicyclic amines) is 1. The van der Waals surface area contributed by atoms with Crippen molar-refractivity contribution in [2.45, 2.75) is 27.2 Å². The standard InChI is InChI=1S/C30H31N5O2/c1-18(2)21-10-12-34(17-21)30(37)24-7-5-23(14-19(24)3)33-26-8-9-27(35-13-11-31-28(26)35)20-4-6-25-22(15-20)16-32-29(25)36/h4-9,11,13-16,18,21,32-33,36H,10,12,17H2,1-3H3. The molecule has 188 valence electrons. The van der Waals surface area contributed by atoms with Crippen LogP contribution in [-0.4, -0.2) is 43.4 Å². The van der Waals surface area contributed by atoms with Crippen LogP contribution in [0, 0.1) is 18.8 Å². The topological polar surface area (TPSA) is 85.7 Å². The summed E-state index contributed by atoms with van der Waals surface area (Å²) in [5.74, 6) is 1.49. The molecule has 4 heterocycles. The highest BCUT2D eigenvalue weighted by Gasteiger charge is 2.29. The molecule has 1 unspecified atom stereocenters. The number of hydrogen-bond donors (Lipinski definition) is 3. The number of rotatable bonds is 5. The summed E-state index contributed by atoms with van der Waals surface area (Å²) in [5.41, 5.74) is 6.36. The first-order chi connectivity index (χ1) is 17.9. The zero-order valence-corrected chi connectivity index (χ0v) is 21.3. The SMILES string of the molecule is Cc1cc(Nc2ccc(-c3ccc4c(O)[nH]cc4c3)n3ccnc23)ccc1C(=O)N1CCC(C(C)C)C1. The molecular weight excluding hydrogens is 462 g/mol. The maximum Gasteiger partial charge on any atom is 0.254 e. The summed E-state index contributed by atoms with van der Waals surface area (Å²) in [6.07, 6.45) is 6.62. The van der Waals surface area contributed by atoms with Crippen LogP contribution in [0.4, 0.5) is 11.4 Å². The van der Waals surface area contributed by atoms with Gasteiger partial charge in [0.2, 0.25) is 0 Å². The zero-order valence-electron chi connectivity index (χ0n) is 21.3. The van der Waals surface area contributed by atoms with Crippen LogP contribution in [0.15, 0.2) is 67.1 Å². The van der Waals surface area contributed by atoms with Crippen molar-refractivity contribution in [3.63, 3.8) is 0 Å². The van der Waals surface area contributed by atoms with Crippen LogP contribution >= 0.6 is 0 Å². The first-order valence-electron chi connectivity index (χ1n) is 12.8. The van der Waals surface area contributed by atoms with E-state index in [4.69, 9.17) is 0 Å². The molecule has 0 saturated carbocycles. The fourth-order valence-corrected chi connectivity index (χ4v) is 5.45. The molecule has 7 nitrogen and oxygen atoms in total. The molecule has 37 heavy (non-hydrogen) atoms. The maximum absolute atomic E-state index is 13.2. The summed E-state index contributed by atoms with van der Waals surface area (Å²) in [6.45, 7) is 8.15. The highest BCUT2D eigenvalue weighted by Crippen LogP contribution is 2.32. The first kappa shape index (κ1) is 23.2. The molecule has 1 amide bonds. The van der Waals surface area contributed by atoms with E-state index in [0.29, 0.717) is 11.8 Å². The van der Waals surface area contributed by atoms with Crippen LogP contribution in [0.2, 0.25) is 0 Å². The van der Waals surface area contributed by atoms with Crippen LogP contribution in [-0.2, 0) is 0 Å². The fourth-order valence-electron chi connectivity index (χ4n) is 5.45. The number of nitrogens with one attached hydrogen (secondary N) is 2. The van der Waals surface area contributed by atoms with Gasteiger partial charge in [-0.15, -0.1) is 0 Å². The molecule has 1 fully saturated rings. The minimum absolute atomic E-state index is 0.125. The molecule has 7 heteroatoms. The van der Waals surface area contributed by atoms with E-state index < -0.39 is 0 Å². The second-order valence-electron chi connectivity index (χ2n) is 10.4. The van der Waals surface area contributed by atoms with Crippen LogP contribution in [0.5, 0.6) is 5.88 Å². The van der Waals surface area contributed by atoms with Crippen LogP contribution < -0.4 is 5.32 Å². The third-order valence-electron chi connectivity index (χ3n) is 7.71. The predicted molar refractivity (Wildman–Crippen MR) is 147 cm³/mol. The summed E-state index contributed by atoms with van der Waals surface area (Å²) < 4.78 is 2.05. The smallest absolute Gasteiger partial charge is 0.254 e. The van der Waals surface area contributed by atoms with Gasteiger partial charge in [0.05, 0.1) is 11.4 Å². The highest BCUT2D eigenvalue weighted by molar-refractivity contribution is 5.96. The van der Waals surface area contributed by atoms with Gasteiger partial charge >= 0.3 is 0 Å². The lowest BCUT2D eigenvalue weighted by molar-refractivity contribution is 0.0783. The van der Waals surface area contributed by atoms with E-state index in [9.17, 15) is 9.90 Å². The molecule has 6 rings (SSSR count). The molecule has 3 N–H and O–H groups in total. The number of hydrogen-bond acceptors (Lipinski definition) is 4. The van der Waals surface area contributed by atoms with E-state index in [1.807, 2.05) is 54.4 Å². The van der Waals surface area contributed by atoms with E-state index in [0.717, 1.165) is 69.7 Å². The van der Waals surface area contributed by atoms with Gasteiger partial charge in [-0.2, -0.15) is 0 Å². The van der Waals surface area contributed by atoms with Crippen molar-refractivity contribution in [1.82, 2.24) is 19.3 Å². The lowest BCUT2D eigenvalue weighted by Crippen LogP contribution is -2.29. The van der Waals surface area contributed by atoms with Crippen molar-refractivity contribution in [2.24, 2.45) is 11.8 Å². The average molecular weight is 494 g/mol. The fraction of sp³-hybridized carbons (Fsp3) is 0.267. The zero-order chi connectivity index (χ0) is 25.7. The Labute approximate surface area is 215 Å². The van der Waals surface area contributed by atoms with Gasteiger partial charge in [-0.05, 0) is 78.8 Å². The Morgan fingerprint density at radius 2 is 2.03 bits per heavy atom. The Hall–Kier alpha value is -4.26. The molecule has 5 aromatic rings. The third kappa shape index (κ3) is 4.10. The predicted octanol–water partition coefficient (Wildman–Crippen LogP) is 6.36. The summed E-state index contributed by atoms with van der Waals surface area (Å²) in [6, 6.07) is 16.0. The molecule has 0 bridgehead atoms. The number of H-pyrrole nitrogens is 1. The second-order valence-corrected chi connectivity index (χ2v) is 10.4. The lowest BCUT2D eigenvalue weighted by atomic mass is 9.95. The van der Waals surface area contributed by atoms with Gasteiger partial charge in [-0.3, -0.25) is 9.20 Å². The molecule has 0 aliphatic carbocycles. The van der Waals surface area contributed by atoms with Crippen molar-refractivity contribution >= 4 is 33.7 Å². The molecule has 3 aromatic heterocycles. The van der Waals surface area contributed by atoms with E-state index in [1.54, 1.807) is 12.4 Å². The number of carbonyl (C=O) groups excluding carboxylic acids is 1. The summed E-state index contributed by atoms with van der Waals surface area (Å²) >= 11 is 0. The second kappa shape index (κ2) is 9.00. The summed E-state index contributed by atoms with van der Waals surface area (Å²) in [5, 5.41) is 15.2. The molecule has 0 radical (unpaired) electrons. The van der Waals surface area contributed by atoms with Crippen molar-refractivity contribution in [3.8, 4) is 17.1 Å². The Morgan fingerprint density at radius 1 is 1.16 bits per heavy atom. The van der Waals surface area contributed by atoms with E-state index in [2.05, 4.69) is 45.7 Å². The van der Waals surface area contributed by atoms with E-state index in [-0.39, 0.29) is 11.8 Å². The Bertz CT molecular complexity index is 1630. The van der Waals surface area contributed by atoms with Gasteiger partial charge in [-0.1, -0.05) is 19.9 Å². The number of fused-ring (bicyclic) bond motifs is 2. The van der Waals surface area contributed by atoms with Gasteiger partial charge in [0.25, 0.3) is 5.91 Å². The number of aromatic amines is 1. The molecule has 0 spiro atoms. The number of pyridine rings is 1. The Kier molecular flexibility index (Phi) is 5.63. The summed E-state index contributed by atoms with van der Waals surface area (Å²) in [4.78, 5) is 22.6. The number of aryl methyl sites for hydroxylation is 1. The molecule has 2 aromatic carbocycles. The number of amides is 1. The number of aromatic hydroxyl groups is 1.